The average Bonchev–Trinajstić information content (AvgIpc) is 2.77. The van der Waals surface area contributed by atoms with Crippen LogP contribution in [0.25, 0.3) is 0 Å². The van der Waals surface area contributed by atoms with Crippen molar-refractivity contribution in [2.75, 3.05) is 59.8 Å². The number of nitrogens with zero attached hydrogens (tertiary/aromatic N) is 3. The number of methoxy groups -OCH3 is 1. The Morgan fingerprint density at radius 2 is 1.94 bits per heavy atom. The van der Waals surface area contributed by atoms with Crippen LogP contribution in [0.2, 0.25) is 0 Å². The lowest BCUT2D eigenvalue weighted by molar-refractivity contribution is -0.136. The first-order valence-electron chi connectivity index (χ1n) is 11.9. The highest BCUT2D eigenvalue weighted by Gasteiger charge is 2.30. The van der Waals surface area contributed by atoms with Crippen molar-refractivity contribution in [2.45, 2.75) is 45.8 Å². The molecule has 0 aromatic heterocycles. The summed E-state index contributed by atoms with van der Waals surface area (Å²) in [6, 6.07) is 4.86. The summed E-state index contributed by atoms with van der Waals surface area (Å²) in [5.41, 5.74) is 0.903. The molecule has 0 spiro atoms. The van der Waals surface area contributed by atoms with E-state index >= 15 is 0 Å². The van der Waals surface area contributed by atoms with Gasteiger partial charge in [-0.15, -0.1) is 0 Å². The van der Waals surface area contributed by atoms with Crippen LogP contribution in [-0.2, 0) is 14.3 Å². The monoisotopic (exact) mass is 476 g/mol. The molecule has 190 valence electrons. The molecule has 1 N–H and O–H groups in total. The molecule has 0 aliphatic carbocycles. The van der Waals surface area contributed by atoms with Crippen molar-refractivity contribution in [1.82, 2.24) is 14.7 Å². The van der Waals surface area contributed by atoms with Gasteiger partial charge in [0.15, 0.2) is 0 Å². The van der Waals surface area contributed by atoms with Crippen molar-refractivity contribution in [3.8, 4) is 5.75 Å². The summed E-state index contributed by atoms with van der Waals surface area (Å²) in [6.45, 7) is 7.28. The van der Waals surface area contributed by atoms with Gasteiger partial charge in [0.05, 0.1) is 24.3 Å². The number of rotatable bonds is 6. The number of ether oxygens (including phenoxy) is 2. The highest BCUT2D eigenvalue weighted by molar-refractivity contribution is 5.99. The molecule has 0 saturated heterocycles. The van der Waals surface area contributed by atoms with E-state index in [9.17, 15) is 14.4 Å². The van der Waals surface area contributed by atoms with Gasteiger partial charge in [0.25, 0.3) is 5.91 Å². The van der Waals surface area contributed by atoms with E-state index in [-0.39, 0.29) is 42.4 Å². The van der Waals surface area contributed by atoms with Crippen LogP contribution in [0, 0.1) is 5.92 Å². The fourth-order valence-corrected chi connectivity index (χ4v) is 4.01. The maximum absolute atomic E-state index is 13.4. The number of hydrogen-bond acceptors (Lipinski definition) is 6. The first-order chi connectivity index (χ1) is 16.1. The van der Waals surface area contributed by atoms with E-state index in [1.54, 1.807) is 37.3 Å². The predicted molar refractivity (Wildman–Crippen MR) is 132 cm³/mol. The molecule has 34 heavy (non-hydrogen) atoms. The van der Waals surface area contributed by atoms with Gasteiger partial charge in [0, 0.05) is 45.3 Å². The van der Waals surface area contributed by atoms with Crippen molar-refractivity contribution in [3.05, 3.63) is 23.8 Å². The highest BCUT2D eigenvalue weighted by atomic mass is 16.5. The van der Waals surface area contributed by atoms with Gasteiger partial charge in [0.2, 0.25) is 11.8 Å². The molecule has 0 fully saturated rings. The standard InChI is InChI=1S/C25H40N4O5/c1-8-9-23(30)26-19-10-11-21-20(12-19)25(32)28(6)14-22(33-7)17(2)13-29(18(3)16-34-21)24(31)15-27(4)5/h10-12,17-18,22H,8-9,13-16H2,1-7H3,(H,26,30)/t17-,18+,22+/m1/s1. The lowest BCUT2D eigenvalue weighted by Gasteiger charge is -2.36. The normalized spacial score (nSPS) is 21.9. The second kappa shape index (κ2) is 12.7. The molecule has 0 unspecified atom stereocenters. The van der Waals surface area contributed by atoms with E-state index in [4.69, 9.17) is 9.47 Å². The van der Waals surface area contributed by atoms with Gasteiger partial charge in [-0.3, -0.25) is 14.4 Å². The molecule has 0 saturated carbocycles. The fraction of sp³-hybridized carbons (Fsp3) is 0.640. The Balaban J connectivity index is 2.42. The number of hydrogen-bond donors (Lipinski definition) is 1. The topological polar surface area (TPSA) is 91.4 Å². The number of nitrogens with one attached hydrogen (secondary N) is 1. The summed E-state index contributed by atoms with van der Waals surface area (Å²) in [5.74, 6) is 0.101. The molecule has 0 bridgehead atoms. The Labute approximate surface area is 203 Å². The first-order valence-corrected chi connectivity index (χ1v) is 11.9. The SMILES string of the molecule is CCCC(=O)Nc1ccc2c(c1)C(=O)N(C)C[C@H](OC)[C@H](C)CN(C(=O)CN(C)C)[C@@H](C)CO2. The second-order valence-electron chi connectivity index (χ2n) is 9.39. The Hall–Kier alpha value is -2.65. The van der Waals surface area contributed by atoms with Crippen LogP contribution in [0.3, 0.4) is 0 Å². The Morgan fingerprint density at radius 1 is 1.24 bits per heavy atom. The summed E-state index contributed by atoms with van der Waals surface area (Å²) < 4.78 is 11.8. The molecular formula is C25H40N4O5. The number of carbonyl (C=O) groups is 3. The van der Waals surface area contributed by atoms with Crippen LogP contribution < -0.4 is 10.1 Å². The maximum atomic E-state index is 13.4. The van der Waals surface area contributed by atoms with Gasteiger partial charge >= 0.3 is 0 Å². The minimum atomic E-state index is -0.257. The lowest BCUT2D eigenvalue weighted by atomic mass is 10.0. The number of anilines is 1. The van der Waals surface area contributed by atoms with Gasteiger partial charge < -0.3 is 29.5 Å². The smallest absolute Gasteiger partial charge is 0.257 e. The summed E-state index contributed by atoms with van der Waals surface area (Å²) >= 11 is 0. The minimum Gasteiger partial charge on any atom is -0.491 e. The van der Waals surface area contributed by atoms with Crippen molar-refractivity contribution in [1.29, 1.82) is 0 Å². The number of carbonyl (C=O) groups excluding carboxylic acids is 3. The van der Waals surface area contributed by atoms with Gasteiger partial charge in [-0.1, -0.05) is 13.8 Å². The van der Waals surface area contributed by atoms with E-state index in [2.05, 4.69) is 5.32 Å². The molecule has 9 heteroatoms. The van der Waals surface area contributed by atoms with Crippen molar-refractivity contribution >= 4 is 23.4 Å². The molecule has 1 aliphatic rings. The third kappa shape index (κ3) is 7.43. The Kier molecular flexibility index (Phi) is 10.3. The van der Waals surface area contributed by atoms with Crippen LogP contribution in [0.4, 0.5) is 5.69 Å². The van der Waals surface area contributed by atoms with E-state index in [0.29, 0.717) is 43.1 Å². The van der Waals surface area contributed by atoms with E-state index in [0.717, 1.165) is 6.42 Å². The van der Waals surface area contributed by atoms with Crippen LogP contribution in [-0.4, -0.2) is 99.1 Å². The molecule has 1 aromatic carbocycles. The largest absolute Gasteiger partial charge is 0.491 e. The van der Waals surface area contributed by atoms with Crippen LogP contribution in [0.5, 0.6) is 5.75 Å². The molecule has 3 atom stereocenters. The molecule has 9 nitrogen and oxygen atoms in total. The summed E-state index contributed by atoms with van der Waals surface area (Å²) in [6.07, 6.45) is 0.884. The second-order valence-corrected chi connectivity index (χ2v) is 9.39. The summed E-state index contributed by atoms with van der Waals surface area (Å²) in [7, 11) is 7.07. The summed E-state index contributed by atoms with van der Waals surface area (Å²) in [5, 5.41) is 2.84. The zero-order chi connectivity index (χ0) is 25.4. The minimum absolute atomic E-state index is 0.00706. The molecule has 1 heterocycles. The zero-order valence-corrected chi connectivity index (χ0v) is 21.6. The predicted octanol–water partition coefficient (Wildman–Crippen LogP) is 2.32. The third-order valence-corrected chi connectivity index (χ3v) is 5.98. The fourth-order valence-electron chi connectivity index (χ4n) is 4.01. The number of fused-ring (bicyclic) bond motifs is 1. The van der Waals surface area contributed by atoms with Crippen molar-refractivity contribution in [3.63, 3.8) is 0 Å². The van der Waals surface area contributed by atoms with Gasteiger partial charge in [-0.2, -0.15) is 0 Å². The van der Waals surface area contributed by atoms with Crippen LogP contribution in [0.15, 0.2) is 18.2 Å². The first kappa shape index (κ1) is 27.6. The molecular weight excluding hydrogens is 436 g/mol. The van der Waals surface area contributed by atoms with E-state index < -0.39 is 0 Å². The molecule has 0 radical (unpaired) electrons. The average molecular weight is 477 g/mol. The number of likely N-dealkylation sites (N-methyl/N-ethyl adjacent to an activating group) is 2. The quantitative estimate of drug-likeness (QED) is 0.678. The molecule has 3 amide bonds. The Bertz CT molecular complexity index is 860. The van der Waals surface area contributed by atoms with Crippen LogP contribution >= 0.6 is 0 Å². The zero-order valence-electron chi connectivity index (χ0n) is 21.6. The van der Waals surface area contributed by atoms with Crippen molar-refractivity contribution < 1.29 is 23.9 Å². The molecule has 1 aromatic rings. The van der Waals surface area contributed by atoms with Crippen molar-refractivity contribution in [2.24, 2.45) is 5.92 Å². The lowest BCUT2D eigenvalue weighted by Crippen LogP contribution is -2.50. The Morgan fingerprint density at radius 3 is 2.56 bits per heavy atom. The van der Waals surface area contributed by atoms with E-state index in [1.165, 1.54) is 0 Å². The number of benzene rings is 1. The third-order valence-electron chi connectivity index (χ3n) is 5.98. The molecule has 1 aliphatic heterocycles. The number of amides is 3. The highest BCUT2D eigenvalue weighted by Crippen LogP contribution is 2.26. The summed E-state index contributed by atoms with van der Waals surface area (Å²) in [4.78, 5) is 43.7. The van der Waals surface area contributed by atoms with Crippen LogP contribution in [0.1, 0.15) is 44.0 Å². The van der Waals surface area contributed by atoms with E-state index in [1.807, 2.05) is 44.7 Å². The van der Waals surface area contributed by atoms with Gasteiger partial charge in [-0.25, -0.2) is 0 Å². The van der Waals surface area contributed by atoms with Gasteiger partial charge in [0.1, 0.15) is 12.4 Å². The molecule has 2 rings (SSSR count). The maximum Gasteiger partial charge on any atom is 0.257 e. The van der Waals surface area contributed by atoms with Gasteiger partial charge in [-0.05, 0) is 45.6 Å².